The number of aliphatic hydroxyl groups is 3. The first-order valence-corrected chi connectivity index (χ1v) is 20.3. The van der Waals surface area contributed by atoms with E-state index in [0.717, 1.165) is 38.5 Å². The van der Waals surface area contributed by atoms with E-state index < -0.39 is 55.7 Å². The van der Waals surface area contributed by atoms with Crippen molar-refractivity contribution in [3.63, 3.8) is 0 Å². The fraction of sp³-hybridized carbons (Fsp3) is 0.667. The van der Waals surface area contributed by atoms with E-state index in [1.54, 1.807) is 14.0 Å². The van der Waals surface area contributed by atoms with Crippen LogP contribution in [0, 0.1) is 0 Å². The lowest BCUT2D eigenvalue weighted by Crippen LogP contribution is -2.46. The fourth-order valence-corrected chi connectivity index (χ4v) is 6.04. The maximum atomic E-state index is 12.1. The molecule has 61 heavy (non-hydrogen) atoms. The minimum atomic E-state index is -1.11. The van der Waals surface area contributed by atoms with Crippen molar-refractivity contribution in [2.45, 2.75) is 134 Å². The Morgan fingerprint density at radius 1 is 0.492 bits per heavy atom. The van der Waals surface area contributed by atoms with Crippen LogP contribution in [0.4, 0.5) is 0 Å². The Balaban J connectivity index is 1.53. The highest BCUT2D eigenvalue weighted by Gasteiger charge is 2.19. The quantitative estimate of drug-likeness (QED) is 0.0266. The Bertz CT molecular complexity index is 1630. The summed E-state index contributed by atoms with van der Waals surface area (Å²) in [6, 6.07) is -3.32. The molecule has 0 aromatic carbocycles. The molecule has 3 rings (SSSR count). The van der Waals surface area contributed by atoms with Gasteiger partial charge in [-0.2, -0.15) is 0 Å². The molecule has 0 spiro atoms. The van der Waals surface area contributed by atoms with Crippen LogP contribution in [0.25, 0.3) is 0 Å². The Morgan fingerprint density at radius 2 is 0.770 bits per heavy atom. The molecule has 3 aromatic heterocycles. The molecule has 0 saturated heterocycles. The smallest absolute Gasteiger partial charge is 0.242 e. The van der Waals surface area contributed by atoms with Crippen molar-refractivity contribution in [3.8, 4) is 0 Å². The van der Waals surface area contributed by atoms with Gasteiger partial charge in [0.1, 0.15) is 18.1 Å². The summed E-state index contributed by atoms with van der Waals surface area (Å²) in [4.78, 5) is 72.0. The molecule has 0 fully saturated rings. The minimum absolute atomic E-state index is 0.187. The van der Waals surface area contributed by atoms with Gasteiger partial charge in [-0.1, -0.05) is 34.9 Å². The number of hydrogen-bond acceptors (Lipinski definition) is 16. The van der Waals surface area contributed by atoms with E-state index in [4.69, 9.17) is 17.2 Å². The Labute approximate surface area is 352 Å². The van der Waals surface area contributed by atoms with E-state index in [9.17, 15) is 44.1 Å². The Hall–Kier alpha value is -5.92. The second-order valence-corrected chi connectivity index (χ2v) is 14.6. The molecule has 0 aliphatic rings. The molecule has 3 aromatic rings. The van der Waals surface area contributed by atoms with Gasteiger partial charge in [0, 0.05) is 77.1 Å². The number of unbranched alkanes of at least 4 members (excludes halogenated alkanes) is 6. The van der Waals surface area contributed by atoms with Crippen molar-refractivity contribution in [2.24, 2.45) is 17.2 Å². The van der Waals surface area contributed by atoms with Gasteiger partial charge in [0.2, 0.25) is 35.4 Å². The van der Waals surface area contributed by atoms with E-state index in [-0.39, 0.29) is 37.0 Å². The third-order valence-corrected chi connectivity index (χ3v) is 9.37. The summed E-state index contributed by atoms with van der Waals surface area (Å²) in [6.45, 7) is 1.23. The lowest BCUT2D eigenvalue weighted by molar-refractivity contribution is -0.128. The molecule has 12 N–H and O–H groups in total. The van der Waals surface area contributed by atoms with Crippen LogP contribution in [-0.2, 0) is 68.0 Å². The number of rotatable bonds is 33. The molecule has 25 nitrogen and oxygen atoms in total. The average molecular weight is 861 g/mol. The van der Waals surface area contributed by atoms with Crippen LogP contribution >= 0.6 is 0 Å². The molecule has 0 aliphatic heterocycles. The summed E-state index contributed by atoms with van der Waals surface area (Å²) in [7, 11) is 0. The van der Waals surface area contributed by atoms with Crippen molar-refractivity contribution >= 4 is 35.4 Å². The normalized spacial score (nSPS) is 12.8. The molecular formula is C36H60N16O9. The standard InChI is InChI=1S/C36H60N16O9/c37-34(59)28(22-53)40-31(56)10-4-1-7-13-50-19-25(43-46-50)16-49(17-26-20-51(47-44-26)14-8-2-5-11-32(57)41-29(23-54)35(38)60)18-27-21-52(48-45-27)15-9-3-6-12-33(58)42-30(24-55)36(39)61/h19-21,28-30,53-55H,1-18,22-24H2,(H2,37,59)(H2,38,60)(H2,39,61)(H,40,56)(H,41,57)(H,42,58)/t28-,29-,30-/m0/s1. The molecule has 25 heteroatoms. The van der Waals surface area contributed by atoms with Gasteiger partial charge < -0.3 is 48.5 Å². The van der Waals surface area contributed by atoms with Gasteiger partial charge in [-0.15, -0.1) is 15.3 Å². The first-order chi connectivity index (χ1) is 29.3. The second kappa shape index (κ2) is 27.0. The summed E-state index contributed by atoms with van der Waals surface area (Å²) >= 11 is 0. The number of nitrogens with two attached hydrogens (primary N) is 3. The highest BCUT2D eigenvalue weighted by Crippen LogP contribution is 2.13. The number of primary amides is 3. The van der Waals surface area contributed by atoms with Gasteiger partial charge >= 0.3 is 0 Å². The molecule has 0 radical (unpaired) electrons. The van der Waals surface area contributed by atoms with Crippen molar-refractivity contribution in [1.82, 2.24) is 65.8 Å². The third kappa shape index (κ3) is 19.3. The second-order valence-electron chi connectivity index (χ2n) is 14.6. The number of carbonyl (C=O) groups excluding carboxylic acids is 6. The van der Waals surface area contributed by atoms with Crippen molar-refractivity contribution in [3.05, 3.63) is 35.7 Å². The van der Waals surface area contributed by atoms with Crippen LogP contribution in [0.3, 0.4) is 0 Å². The molecule has 6 amide bonds. The number of amides is 6. The zero-order valence-corrected chi connectivity index (χ0v) is 34.3. The van der Waals surface area contributed by atoms with Crippen molar-refractivity contribution < 1.29 is 44.1 Å². The van der Waals surface area contributed by atoms with Crippen LogP contribution in [-0.4, -0.2) is 139 Å². The summed E-state index contributed by atoms with van der Waals surface area (Å²) in [5.74, 6) is -3.48. The average Bonchev–Trinajstić information content (AvgIpc) is 3.99. The number of aliphatic hydroxyl groups excluding tert-OH is 3. The van der Waals surface area contributed by atoms with Crippen molar-refractivity contribution in [2.75, 3.05) is 19.8 Å². The predicted molar refractivity (Wildman–Crippen MR) is 213 cm³/mol. The van der Waals surface area contributed by atoms with E-state index in [1.807, 2.05) is 18.6 Å². The van der Waals surface area contributed by atoms with Crippen LogP contribution in [0.5, 0.6) is 0 Å². The summed E-state index contributed by atoms with van der Waals surface area (Å²) in [5.41, 5.74) is 17.6. The van der Waals surface area contributed by atoms with Gasteiger partial charge in [-0.05, 0) is 38.5 Å². The molecule has 338 valence electrons. The lowest BCUT2D eigenvalue weighted by atomic mass is 10.1. The number of aryl methyl sites for hydroxylation is 3. The Morgan fingerprint density at radius 3 is 1.02 bits per heavy atom. The topological polar surface area (TPSA) is 373 Å². The largest absolute Gasteiger partial charge is 0.394 e. The molecule has 0 aliphatic carbocycles. The SMILES string of the molecule is NC(=O)[C@H](CO)NC(=O)CCCCCn1cc(CN(Cc2cn(CCCCCC(=O)N[C@@H](CO)C(N)=O)nn2)Cc2cn(CCCCCC(=O)N[C@@H](CO)C(N)=O)nn2)nn1. The summed E-state index contributed by atoms with van der Waals surface area (Å²) in [6.07, 6.45) is 12.2. The number of hydrogen-bond donors (Lipinski definition) is 9. The number of carbonyl (C=O) groups is 6. The first kappa shape index (κ1) is 49.4. The third-order valence-electron chi connectivity index (χ3n) is 9.37. The van der Waals surface area contributed by atoms with Gasteiger partial charge in [-0.25, -0.2) is 0 Å². The van der Waals surface area contributed by atoms with Crippen molar-refractivity contribution in [1.29, 1.82) is 0 Å². The Kier molecular flexibility index (Phi) is 21.9. The summed E-state index contributed by atoms with van der Waals surface area (Å²) in [5, 5.41) is 60.7. The van der Waals surface area contributed by atoms with E-state index in [0.29, 0.717) is 75.6 Å². The summed E-state index contributed by atoms with van der Waals surface area (Å²) < 4.78 is 5.19. The van der Waals surface area contributed by atoms with Crippen LogP contribution in [0.1, 0.15) is 94.1 Å². The lowest BCUT2D eigenvalue weighted by Gasteiger charge is -2.18. The zero-order chi connectivity index (χ0) is 44.6. The maximum absolute atomic E-state index is 12.1. The number of nitrogens with one attached hydrogen (secondary N) is 3. The number of nitrogens with zero attached hydrogens (tertiary/aromatic N) is 10. The molecule has 0 unspecified atom stereocenters. The minimum Gasteiger partial charge on any atom is -0.394 e. The van der Waals surface area contributed by atoms with E-state index in [2.05, 4.69) is 51.8 Å². The van der Waals surface area contributed by atoms with Gasteiger partial charge in [-0.3, -0.25) is 47.7 Å². The molecule has 3 atom stereocenters. The molecule has 3 heterocycles. The molecule has 0 bridgehead atoms. The molecule has 0 saturated carbocycles. The van der Waals surface area contributed by atoms with E-state index >= 15 is 0 Å². The fourth-order valence-electron chi connectivity index (χ4n) is 6.04. The number of aromatic nitrogens is 9. The van der Waals surface area contributed by atoms with Crippen LogP contribution < -0.4 is 33.2 Å². The van der Waals surface area contributed by atoms with Gasteiger partial charge in [0.05, 0.1) is 36.9 Å². The highest BCUT2D eigenvalue weighted by atomic mass is 16.3. The maximum Gasteiger partial charge on any atom is 0.242 e. The predicted octanol–water partition coefficient (Wildman–Crippen LogP) is -3.77. The van der Waals surface area contributed by atoms with Gasteiger partial charge in [0.15, 0.2) is 0 Å². The van der Waals surface area contributed by atoms with Crippen LogP contribution in [0.2, 0.25) is 0 Å². The first-order valence-electron chi connectivity index (χ1n) is 20.3. The van der Waals surface area contributed by atoms with Crippen LogP contribution in [0.15, 0.2) is 18.6 Å². The highest BCUT2D eigenvalue weighted by molar-refractivity contribution is 5.87. The van der Waals surface area contributed by atoms with Gasteiger partial charge in [0.25, 0.3) is 0 Å². The molecular weight excluding hydrogens is 800 g/mol. The monoisotopic (exact) mass is 860 g/mol. The van der Waals surface area contributed by atoms with E-state index in [1.165, 1.54) is 0 Å². The zero-order valence-electron chi connectivity index (χ0n) is 34.3.